The fraction of sp³-hybridized carbons (Fsp3) is 0.562. The van der Waals surface area contributed by atoms with Gasteiger partial charge in [-0.05, 0) is 34.5 Å². The number of carbonyl (C=O) groups excluding carboxylic acids is 1. The normalized spacial score (nSPS) is 13.3. The van der Waals surface area contributed by atoms with Crippen LogP contribution >= 0.6 is 15.9 Å². The number of methoxy groups -OCH3 is 4. The van der Waals surface area contributed by atoms with Gasteiger partial charge in [-0.2, -0.15) is 0 Å². The van der Waals surface area contributed by atoms with Gasteiger partial charge < -0.3 is 24.3 Å². The van der Waals surface area contributed by atoms with E-state index in [1.54, 1.807) is 21.3 Å². The van der Waals surface area contributed by atoms with E-state index in [1.165, 1.54) is 7.11 Å². The number of rotatable bonds is 9. The summed E-state index contributed by atoms with van der Waals surface area (Å²) in [6, 6.07) is 3.78. The second-order valence-electron chi connectivity index (χ2n) is 5.37. The summed E-state index contributed by atoms with van der Waals surface area (Å²) in [6.45, 7) is 2.83. The van der Waals surface area contributed by atoms with Crippen molar-refractivity contribution < 1.29 is 23.7 Å². The number of nitrogens with one attached hydrogen (secondary N) is 1. The van der Waals surface area contributed by atoms with Gasteiger partial charge in [0.1, 0.15) is 0 Å². The lowest BCUT2D eigenvalue weighted by molar-refractivity contribution is -0.142. The standard InChI is InChI=1S/C16H24BrNO5/c1-16(10-20-2,8-13(19)22-4)18-9-11-6-7-12(21-3)15(23-5)14(11)17/h6-7,18H,8-10H2,1-5H3/t16-/m0/s1. The summed E-state index contributed by atoms with van der Waals surface area (Å²) in [5.41, 5.74) is 0.448. The van der Waals surface area contributed by atoms with Crippen LogP contribution in [0.15, 0.2) is 16.6 Å². The number of halogens is 1. The second-order valence-corrected chi connectivity index (χ2v) is 6.17. The minimum Gasteiger partial charge on any atom is -0.493 e. The summed E-state index contributed by atoms with van der Waals surface area (Å²) >= 11 is 3.54. The van der Waals surface area contributed by atoms with Crippen LogP contribution in [0.4, 0.5) is 0 Å². The van der Waals surface area contributed by atoms with Gasteiger partial charge in [0.05, 0.1) is 38.8 Å². The van der Waals surface area contributed by atoms with Gasteiger partial charge in [0.25, 0.3) is 0 Å². The zero-order valence-corrected chi connectivity index (χ0v) is 15.8. The van der Waals surface area contributed by atoms with Crippen molar-refractivity contribution in [3.8, 4) is 11.5 Å². The highest BCUT2D eigenvalue weighted by molar-refractivity contribution is 9.10. The maximum Gasteiger partial charge on any atom is 0.307 e. The molecule has 0 heterocycles. The first-order chi connectivity index (χ1) is 10.9. The molecule has 1 rings (SSSR count). The first-order valence-corrected chi connectivity index (χ1v) is 7.90. The third-order valence-electron chi connectivity index (χ3n) is 3.50. The Kier molecular flexibility index (Phi) is 7.81. The molecule has 0 radical (unpaired) electrons. The van der Waals surface area contributed by atoms with Crippen molar-refractivity contribution in [2.24, 2.45) is 0 Å². The molecule has 0 aromatic heterocycles. The van der Waals surface area contributed by atoms with E-state index < -0.39 is 5.54 Å². The lowest BCUT2D eigenvalue weighted by atomic mass is 9.98. The van der Waals surface area contributed by atoms with E-state index in [2.05, 4.69) is 21.2 Å². The Morgan fingerprint density at radius 2 is 1.91 bits per heavy atom. The van der Waals surface area contributed by atoms with Crippen LogP contribution in [0, 0.1) is 0 Å². The van der Waals surface area contributed by atoms with E-state index >= 15 is 0 Å². The number of hydrogen-bond donors (Lipinski definition) is 1. The summed E-state index contributed by atoms with van der Waals surface area (Å²) in [5, 5.41) is 3.36. The fourth-order valence-corrected chi connectivity index (χ4v) is 2.88. The van der Waals surface area contributed by atoms with Gasteiger partial charge in [-0.3, -0.25) is 4.79 Å². The first kappa shape index (κ1) is 19.7. The van der Waals surface area contributed by atoms with Crippen molar-refractivity contribution >= 4 is 21.9 Å². The summed E-state index contributed by atoms with van der Waals surface area (Å²) in [5.74, 6) is 0.994. The van der Waals surface area contributed by atoms with Crippen molar-refractivity contribution in [3.63, 3.8) is 0 Å². The van der Waals surface area contributed by atoms with Crippen LogP contribution in [0.2, 0.25) is 0 Å². The molecule has 0 saturated heterocycles. The van der Waals surface area contributed by atoms with Crippen LogP contribution in [0.1, 0.15) is 18.9 Å². The van der Waals surface area contributed by atoms with Crippen LogP contribution in [0.5, 0.6) is 11.5 Å². The molecule has 1 aromatic rings. The highest BCUT2D eigenvalue weighted by Gasteiger charge is 2.28. The Morgan fingerprint density at radius 1 is 1.22 bits per heavy atom. The Morgan fingerprint density at radius 3 is 2.43 bits per heavy atom. The Bertz CT molecular complexity index is 537. The van der Waals surface area contributed by atoms with E-state index in [4.69, 9.17) is 18.9 Å². The lowest BCUT2D eigenvalue weighted by Crippen LogP contribution is -2.47. The molecule has 0 saturated carbocycles. The topological polar surface area (TPSA) is 66.0 Å². The summed E-state index contributed by atoms with van der Waals surface area (Å²) in [4.78, 5) is 11.6. The van der Waals surface area contributed by atoms with Crippen molar-refractivity contribution in [1.29, 1.82) is 0 Å². The maximum absolute atomic E-state index is 11.6. The molecule has 1 N–H and O–H groups in total. The van der Waals surface area contributed by atoms with Crippen molar-refractivity contribution in [3.05, 3.63) is 22.2 Å². The predicted molar refractivity (Wildman–Crippen MR) is 91.0 cm³/mol. The van der Waals surface area contributed by atoms with Gasteiger partial charge in [0.2, 0.25) is 0 Å². The first-order valence-electron chi connectivity index (χ1n) is 7.11. The minimum absolute atomic E-state index is 0.211. The third kappa shape index (κ3) is 5.37. The van der Waals surface area contributed by atoms with Crippen LogP contribution in [0.25, 0.3) is 0 Å². The summed E-state index contributed by atoms with van der Waals surface area (Å²) < 4.78 is 21.4. The second kappa shape index (κ2) is 9.10. The van der Waals surface area contributed by atoms with E-state index in [0.29, 0.717) is 24.7 Å². The van der Waals surface area contributed by atoms with Gasteiger partial charge in [0, 0.05) is 19.2 Å². The van der Waals surface area contributed by atoms with Crippen LogP contribution in [-0.2, 0) is 20.8 Å². The van der Waals surface area contributed by atoms with E-state index in [-0.39, 0.29) is 12.4 Å². The molecule has 1 atom stereocenters. The summed E-state index contributed by atoms with van der Waals surface area (Å²) in [7, 11) is 6.16. The third-order valence-corrected chi connectivity index (χ3v) is 4.37. The number of benzene rings is 1. The largest absolute Gasteiger partial charge is 0.493 e. The number of esters is 1. The molecule has 6 nitrogen and oxygen atoms in total. The Balaban J connectivity index is 2.91. The average molecular weight is 390 g/mol. The fourth-order valence-electron chi connectivity index (χ4n) is 2.25. The molecule has 7 heteroatoms. The Labute approximate surface area is 145 Å². The van der Waals surface area contributed by atoms with Gasteiger partial charge in [0.15, 0.2) is 11.5 Å². The molecule has 0 bridgehead atoms. The molecule has 0 amide bonds. The van der Waals surface area contributed by atoms with Crippen LogP contribution < -0.4 is 14.8 Å². The zero-order valence-electron chi connectivity index (χ0n) is 14.2. The highest BCUT2D eigenvalue weighted by atomic mass is 79.9. The van der Waals surface area contributed by atoms with Gasteiger partial charge in [-0.1, -0.05) is 6.07 Å². The smallest absolute Gasteiger partial charge is 0.307 e. The molecule has 130 valence electrons. The SMILES string of the molecule is COC[C@](C)(CC(=O)OC)NCc1ccc(OC)c(OC)c1Br. The van der Waals surface area contributed by atoms with Gasteiger partial charge >= 0.3 is 5.97 Å². The molecule has 0 fully saturated rings. The minimum atomic E-state index is -0.533. The van der Waals surface area contributed by atoms with E-state index in [9.17, 15) is 4.79 Å². The number of carbonyl (C=O) groups is 1. The average Bonchev–Trinajstić information content (AvgIpc) is 2.53. The highest BCUT2D eigenvalue weighted by Crippen LogP contribution is 2.37. The van der Waals surface area contributed by atoms with Crippen molar-refractivity contribution in [2.45, 2.75) is 25.4 Å². The molecule has 0 aliphatic rings. The zero-order chi connectivity index (χ0) is 17.5. The van der Waals surface area contributed by atoms with Gasteiger partial charge in [-0.25, -0.2) is 0 Å². The molecule has 0 spiro atoms. The quantitative estimate of drug-likeness (QED) is 0.654. The van der Waals surface area contributed by atoms with Crippen molar-refractivity contribution in [1.82, 2.24) is 5.32 Å². The summed E-state index contributed by atoms with van der Waals surface area (Å²) in [6.07, 6.45) is 0.211. The monoisotopic (exact) mass is 389 g/mol. The maximum atomic E-state index is 11.6. The molecule has 0 aliphatic heterocycles. The predicted octanol–water partition coefficient (Wildman–Crippen LogP) is 2.52. The van der Waals surface area contributed by atoms with Crippen LogP contribution in [-0.4, -0.2) is 46.6 Å². The number of ether oxygens (including phenoxy) is 4. The molecule has 0 aliphatic carbocycles. The van der Waals surface area contributed by atoms with Crippen molar-refractivity contribution in [2.75, 3.05) is 35.0 Å². The molecular weight excluding hydrogens is 366 g/mol. The lowest BCUT2D eigenvalue weighted by Gasteiger charge is -2.29. The van der Waals surface area contributed by atoms with E-state index in [1.807, 2.05) is 19.1 Å². The Hall–Kier alpha value is -1.31. The van der Waals surface area contributed by atoms with Gasteiger partial charge in [-0.15, -0.1) is 0 Å². The molecular formula is C16H24BrNO5. The molecule has 1 aromatic carbocycles. The number of hydrogen-bond acceptors (Lipinski definition) is 6. The van der Waals surface area contributed by atoms with Crippen LogP contribution in [0.3, 0.4) is 0 Å². The van der Waals surface area contributed by atoms with E-state index in [0.717, 1.165) is 10.0 Å². The molecule has 23 heavy (non-hydrogen) atoms. The molecule has 0 unspecified atom stereocenters.